The van der Waals surface area contributed by atoms with Gasteiger partial charge in [-0.05, 0) is 50.8 Å². The first-order chi connectivity index (χ1) is 16.4. The number of amides is 2. The molecule has 0 bridgehead atoms. The largest absolute Gasteiger partial charge is 0.345 e. The van der Waals surface area contributed by atoms with Crippen LogP contribution in [0.4, 0.5) is 0 Å². The summed E-state index contributed by atoms with van der Waals surface area (Å²) in [5.41, 5.74) is 3.62. The molecule has 1 atom stereocenters. The van der Waals surface area contributed by atoms with Crippen molar-refractivity contribution in [3.8, 4) is 0 Å². The molecule has 0 aliphatic heterocycles. The molecule has 2 amide bonds. The molecule has 1 unspecified atom stereocenters. The lowest BCUT2D eigenvalue weighted by atomic mass is 10.1. The molecule has 2 rings (SSSR count). The fourth-order valence-corrected chi connectivity index (χ4v) is 4.22. The molecule has 1 heterocycles. The average Bonchev–Trinajstić information content (AvgIpc) is 3.25. The van der Waals surface area contributed by atoms with E-state index in [9.17, 15) is 9.59 Å². The van der Waals surface area contributed by atoms with Crippen molar-refractivity contribution in [3.63, 3.8) is 0 Å². The van der Waals surface area contributed by atoms with Gasteiger partial charge >= 0.3 is 0 Å². The lowest BCUT2D eigenvalue weighted by Gasteiger charge is -2.31. The number of aryl methyl sites for hydroxylation is 1. The third-order valence-electron chi connectivity index (χ3n) is 6.59. The number of hydrogen-bond acceptors (Lipinski definition) is 2. The molecule has 0 N–H and O–H groups in total. The number of hydrogen-bond donors (Lipinski definition) is 0. The molecule has 0 aliphatic rings. The zero-order valence-electron chi connectivity index (χ0n) is 22.1. The first kappa shape index (κ1) is 27.7. The van der Waals surface area contributed by atoms with Gasteiger partial charge in [-0.25, -0.2) is 0 Å². The number of carbonyl (C=O) groups excluding carboxylic acids is 2. The quantitative estimate of drug-likeness (QED) is 0.294. The maximum absolute atomic E-state index is 13.5. The van der Waals surface area contributed by atoms with Crippen LogP contribution in [0.3, 0.4) is 0 Å². The summed E-state index contributed by atoms with van der Waals surface area (Å²) in [6.45, 7) is 12.8. The third kappa shape index (κ3) is 8.66. The fourth-order valence-electron chi connectivity index (χ4n) is 4.22. The van der Waals surface area contributed by atoms with Crippen LogP contribution in [0.25, 0.3) is 0 Å². The normalized spacial score (nSPS) is 11.9. The van der Waals surface area contributed by atoms with Crippen LogP contribution in [0, 0.1) is 6.92 Å². The summed E-state index contributed by atoms with van der Waals surface area (Å²) in [5, 5.41) is 0. The molecule has 2 aromatic rings. The van der Waals surface area contributed by atoms with Gasteiger partial charge in [-0.3, -0.25) is 9.59 Å². The molecule has 5 heteroatoms. The van der Waals surface area contributed by atoms with Gasteiger partial charge in [0.25, 0.3) is 0 Å². The minimum atomic E-state index is 0.0425. The highest BCUT2D eigenvalue weighted by Gasteiger charge is 2.24. The number of aromatic nitrogens is 1. The summed E-state index contributed by atoms with van der Waals surface area (Å²) < 4.78 is 2.23. The summed E-state index contributed by atoms with van der Waals surface area (Å²) in [5.74, 6) is 0.148. The Morgan fingerprint density at radius 2 is 1.74 bits per heavy atom. The summed E-state index contributed by atoms with van der Waals surface area (Å²) >= 11 is 0. The minimum Gasteiger partial charge on any atom is -0.345 e. The van der Waals surface area contributed by atoms with Gasteiger partial charge in [-0.2, -0.15) is 0 Å². The zero-order chi connectivity index (χ0) is 24.9. The Hall–Kier alpha value is -2.56. The van der Waals surface area contributed by atoms with Gasteiger partial charge in [0.1, 0.15) is 0 Å². The SMILES string of the molecule is CCCCCC(=O)N(CC(=O)N(CCCC)Cc1cccn1Cc1cccc(C)c1)C(C)CC. The van der Waals surface area contributed by atoms with Crippen molar-refractivity contribution in [2.45, 2.75) is 98.7 Å². The molecule has 5 nitrogen and oxygen atoms in total. The van der Waals surface area contributed by atoms with E-state index >= 15 is 0 Å². The van der Waals surface area contributed by atoms with Gasteiger partial charge in [0, 0.05) is 37.4 Å². The third-order valence-corrected chi connectivity index (χ3v) is 6.59. The van der Waals surface area contributed by atoms with E-state index in [1.807, 2.05) is 16.7 Å². The van der Waals surface area contributed by atoms with Gasteiger partial charge in [0.05, 0.1) is 13.1 Å². The van der Waals surface area contributed by atoms with Crippen molar-refractivity contribution in [1.82, 2.24) is 14.4 Å². The number of unbranched alkanes of at least 4 members (excludes halogenated alkanes) is 3. The van der Waals surface area contributed by atoms with Crippen LogP contribution in [0.15, 0.2) is 42.6 Å². The van der Waals surface area contributed by atoms with E-state index in [0.717, 1.165) is 50.8 Å². The summed E-state index contributed by atoms with van der Waals surface area (Å²) in [4.78, 5) is 30.2. The number of benzene rings is 1. The van der Waals surface area contributed by atoms with Crippen LogP contribution < -0.4 is 0 Å². The van der Waals surface area contributed by atoms with E-state index in [-0.39, 0.29) is 24.4 Å². The Labute approximate surface area is 207 Å². The molecule has 1 aromatic carbocycles. The topological polar surface area (TPSA) is 45.6 Å². The molecule has 0 saturated heterocycles. The van der Waals surface area contributed by atoms with Gasteiger partial charge in [0.15, 0.2) is 0 Å². The lowest BCUT2D eigenvalue weighted by Crippen LogP contribution is -2.46. The molecule has 0 fully saturated rings. The number of nitrogens with zero attached hydrogens (tertiary/aromatic N) is 3. The van der Waals surface area contributed by atoms with E-state index in [2.05, 4.69) is 74.9 Å². The minimum absolute atomic E-state index is 0.0425. The number of carbonyl (C=O) groups is 2. The Bertz CT molecular complexity index is 889. The van der Waals surface area contributed by atoms with E-state index < -0.39 is 0 Å². The molecule has 0 saturated carbocycles. The Morgan fingerprint density at radius 1 is 0.971 bits per heavy atom. The second-order valence-electron chi connectivity index (χ2n) is 9.52. The Kier molecular flexibility index (Phi) is 11.9. The van der Waals surface area contributed by atoms with Crippen molar-refractivity contribution < 1.29 is 9.59 Å². The molecule has 0 aliphatic carbocycles. The predicted molar refractivity (Wildman–Crippen MR) is 141 cm³/mol. The maximum Gasteiger partial charge on any atom is 0.242 e. The maximum atomic E-state index is 13.5. The van der Waals surface area contributed by atoms with Crippen LogP contribution in [-0.4, -0.2) is 45.3 Å². The van der Waals surface area contributed by atoms with Crippen LogP contribution in [0.1, 0.15) is 89.5 Å². The van der Waals surface area contributed by atoms with Crippen molar-refractivity contribution in [2.24, 2.45) is 0 Å². The highest BCUT2D eigenvalue weighted by Crippen LogP contribution is 2.15. The second-order valence-corrected chi connectivity index (χ2v) is 9.52. The molecule has 34 heavy (non-hydrogen) atoms. The molecule has 188 valence electrons. The van der Waals surface area contributed by atoms with Crippen LogP contribution in [-0.2, 0) is 22.7 Å². The lowest BCUT2D eigenvalue weighted by molar-refractivity contribution is -0.142. The monoisotopic (exact) mass is 467 g/mol. The standard InChI is InChI=1S/C29H45N3O2/c1-6-9-11-17-28(33)32(25(5)8-3)23-29(34)31(18-10-7-2)22-27-16-13-19-30(27)21-26-15-12-14-24(4)20-26/h12-16,19-20,25H,6-11,17-18,21-23H2,1-5H3. The first-order valence-corrected chi connectivity index (χ1v) is 13.2. The van der Waals surface area contributed by atoms with Crippen LogP contribution >= 0.6 is 0 Å². The van der Waals surface area contributed by atoms with Gasteiger partial charge in [0.2, 0.25) is 11.8 Å². The summed E-state index contributed by atoms with van der Waals surface area (Å²) in [6, 6.07) is 12.8. The van der Waals surface area contributed by atoms with Crippen LogP contribution in [0.2, 0.25) is 0 Å². The fraction of sp³-hybridized carbons (Fsp3) is 0.586. The zero-order valence-corrected chi connectivity index (χ0v) is 22.1. The predicted octanol–water partition coefficient (Wildman–Crippen LogP) is 6.18. The van der Waals surface area contributed by atoms with E-state index in [4.69, 9.17) is 0 Å². The van der Waals surface area contributed by atoms with Crippen LogP contribution in [0.5, 0.6) is 0 Å². The van der Waals surface area contributed by atoms with Gasteiger partial charge in [-0.1, -0.05) is 69.9 Å². The van der Waals surface area contributed by atoms with Crippen molar-refractivity contribution in [1.29, 1.82) is 0 Å². The molecule has 1 aromatic heterocycles. The average molecular weight is 468 g/mol. The van der Waals surface area contributed by atoms with E-state index in [1.54, 1.807) is 0 Å². The second kappa shape index (κ2) is 14.6. The highest BCUT2D eigenvalue weighted by atomic mass is 16.2. The smallest absolute Gasteiger partial charge is 0.242 e. The molecule has 0 radical (unpaired) electrons. The highest BCUT2D eigenvalue weighted by molar-refractivity contribution is 5.85. The van der Waals surface area contributed by atoms with E-state index in [1.165, 1.54) is 11.1 Å². The first-order valence-electron chi connectivity index (χ1n) is 13.2. The summed E-state index contributed by atoms with van der Waals surface area (Å²) in [6.07, 6.45) is 8.47. The Balaban J connectivity index is 2.14. The summed E-state index contributed by atoms with van der Waals surface area (Å²) in [7, 11) is 0. The number of rotatable bonds is 15. The van der Waals surface area contributed by atoms with Crippen molar-refractivity contribution in [2.75, 3.05) is 13.1 Å². The molecule has 0 spiro atoms. The molecular formula is C29H45N3O2. The van der Waals surface area contributed by atoms with Gasteiger partial charge in [-0.15, -0.1) is 0 Å². The molecular weight excluding hydrogens is 422 g/mol. The van der Waals surface area contributed by atoms with Gasteiger partial charge < -0.3 is 14.4 Å². The Morgan fingerprint density at radius 3 is 2.41 bits per heavy atom. The van der Waals surface area contributed by atoms with E-state index in [0.29, 0.717) is 19.5 Å². The van der Waals surface area contributed by atoms with Crippen molar-refractivity contribution in [3.05, 3.63) is 59.4 Å². The van der Waals surface area contributed by atoms with Crippen molar-refractivity contribution >= 4 is 11.8 Å².